The highest BCUT2D eigenvalue weighted by Gasteiger charge is 2.19. The lowest BCUT2D eigenvalue weighted by molar-refractivity contribution is -0.0342. The fourth-order valence-corrected chi connectivity index (χ4v) is 2.42. The Kier molecular flexibility index (Phi) is 4.80. The minimum atomic E-state index is -0.342. The molecule has 0 spiro atoms. The molecule has 2 unspecified atom stereocenters. The molecule has 18 heavy (non-hydrogen) atoms. The maximum Gasteiger partial charge on any atom is 0.0880 e. The van der Waals surface area contributed by atoms with Crippen LogP contribution < -0.4 is 0 Å². The van der Waals surface area contributed by atoms with E-state index < -0.39 is 0 Å². The van der Waals surface area contributed by atoms with E-state index in [1.807, 2.05) is 25.4 Å². The Labute approximate surface area is 109 Å². The minimum absolute atomic E-state index is 0.262. The van der Waals surface area contributed by atoms with Crippen molar-refractivity contribution in [2.75, 3.05) is 26.2 Å². The molecule has 2 rings (SSSR count). The summed E-state index contributed by atoms with van der Waals surface area (Å²) in [5.41, 5.74) is 1.00. The van der Waals surface area contributed by atoms with Gasteiger partial charge in [-0.05, 0) is 24.6 Å². The van der Waals surface area contributed by atoms with Gasteiger partial charge in [0, 0.05) is 32.0 Å². The highest BCUT2D eigenvalue weighted by molar-refractivity contribution is 5.13. The SMILES string of the molecule is CCC(O)c1ccn(CC2CN(CC)CCO2)c1. The normalized spacial score (nSPS) is 23.2. The van der Waals surface area contributed by atoms with Crippen LogP contribution in [0.4, 0.5) is 0 Å². The lowest BCUT2D eigenvalue weighted by Crippen LogP contribution is -2.43. The molecular weight excluding hydrogens is 228 g/mol. The smallest absolute Gasteiger partial charge is 0.0880 e. The maximum absolute atomic E-state index is 9.78. The van der Waals surface area contributed by atoms with E-state index in [1.165, 1.54) is 0 Å². The van der Waals surface area contributed by atoms with Crippen LogP contribution in [-0.2, 0) is 11.3 Å². The highest BCUT2D eigenvalue weighted by atomic mass is 16.5. The van der Waals surface area contributed by atoms with Gasteiger partial charge in [0.05, 0.1) is 18.8 Å². The molecule has 4 heteroatoms. The molecule has 1 aliphatic rings. The molecule has 1 fully saturated rings. The van der Waals surface area contributed by atoms with Crippen molar-refractivity contribution in [1.82, 2.24) is 9.47 Å². The van der Waals surface area contributed by atoms with Crippen LogP contribution in [0.1, 0.15) is 31.9 Å². The van der Waals surface area contributed by atoms with E-state index in [4.69, 9.17) is 4.74 Å². The third-order valence-electron chi connectivity index (χ3n) is 3.63. The minimum Gasteiger partial charge on any atom is -0.388 e. The van der Waals surface area contributed by atoms with Crippen molar-refractivity contribution in [1.29, 1.82) is 0 Å². The van der Waals surface area contributed by atoms with Crippen LogP contribution in [0.25, 0.3) is 0 Å². The van der Waals surface area contributed by atoms with Gasteiger partial charge in [-0.2, -0.15) is 0 Å². The zero-order valence-electron chi connectivity index (χ0n) is 11.4. The number of rotatable bonds is 5. The third kappa shape index (κ3) is 3.34. The van der Waals surface area contributed by atoms with E-state index >= 15 is 0 Å². The Balaban J connectivity index is 1.90. The summed E-state index contributed by atoms with van der Waals surface area (Å²) in [7, 11) is 0. The predicted molar refractivity (Wildman–Crippen MR) is 71.5 cm³/mol. The van der Waals surface area contributed by atoms with E-state index in [2.05, 4.69) is 16.4 Å². The second-order valence-corrected chi connectivity index (χ2v) is 4.95. The molecule has 1 aliphatic heterocycles. The first-order valence-corrected chi connectivity index (χ1v) is 6.90. The van der Waals surface area contributed by atoms with Crippen LogP contribution >= 0.6 is 0 Å². The first kappa shape index (κ1) is 13.6. The van der Waals surface area contributed by atoms with Gasteiger partial charge in [-0.1, -0.05) is 13.8 Å². The molecule has 1 saturated heterocycles. The zero-order valence-corrected chi connectivity index (χ0v) is 11.4. The van der Waals surface area contributed by atoms with Gasteiger partial charge in [-0.3, -0.25) is 4.90 Å². The molecule has 4 nitrogen and oxygen atoms in total. The molecule has 0 bridgehead atoms. The standard InChI is InChI=1S/C14H24N2O2/c1-3-14(17)12-5-6-16(9-12)11-13-10-15(4-2)7-8-18-13/h5-6,9,13-14,17H,3-4,7-8,10-11H2,1-2H3. The van der Waals surface area contributed by atoms with Gasteiger partial charge < -0.3 is 14.4 Å². The molecule has 0 aliphatic carbocycles. The van der Waals surface area contributed by atoms with Gasteiger partial charge in [-0.25, -0.2) is 0 Å². The summed E-state index contributed by atoms with van der Waals surface area (Å²) in [6.07, 6.45) is 4.74. The molecule has 1 N–H and O–H groups in total. The second kappa shape index (κ2) is 6.36. The third-order valence-corrected chi connectivity index (χ3v) is 3.63. The summed E-state index contributed by atoms with van der Waals surface area (Å²) in [5, 5.41) is 9.78. The number of aromatic nitrogens is 1. The van der Waals surface area contributed by atoms with Crippen LogP contribution in [0.2, 0.25) is 0 Å². The van der Waals surface area contributed by atoms with Gasteiger partial charge in [0.2, 0.25) is 0 Å². The Bertz CT molecular complexity index is 364. The van der Waals surface area contributed by atoms with Gasteiger partial charge in [0.1, 0.15) is 0 Å². The van der Waals surface area contributed by atoms with Crippen LogP contribution in [0.5, 0.6) is 0 Å². The molecule has 2 atom stereocenters. The Morgan fingerprint density at radius 2 is 2.33 bits per heavy atom. The van der Waals surface area contributed by atoms with Gasteiger partial charge in [0.15, 0.2) is 0 Å². The summed E-state index contributed by atoms with van der Waals surface area (Å²) >= 11 is 0. The van der Waals surface area contributed by atoms with E-state index in [0.717, 1.165) is 44.8 Å². The molecule has 102 valence electrons. The Hall–Kier alpha value is -0.840. The summed E-state index contributed by atoms with van der Waals surface area (Å²) in [5.74, 6) is 0. The predicted octanol–water partition coefficient (Wildman–Crippen LogP) is 1.65. The van der Waals surface area contributed by atoms with Crippen molar-refractivity contribution < 1.29 is 9.84 Å². The van der Waals surface area contributed by atoms with Gasteiger partial charge in [0.25, 0.3) is 0 Å². The summed E-state index contributed by atoms with van der Waals surface area (Å²) in [4.78, 5) is 2.42. The van der Waals surface area contributed by atoms with Crippen LogP contribution in [-0.4, -0.2) is 46.9 Å². The van der Waals surface area contributed by atoms with Crippen molar-refractivity contribution in [3.05, 3.63) is 24.0 Å². The molecular formula is C14H24N2O2. The number of likely N-dealkylation sites (N-methyl/N-ethyl adjacent to an activating group) is 1. The average molecular weight is 252 g/mol. The zero-order chi connectivity index (χ0) is 13.0. The van der Waals surface area contributed by atoms with Crippen LogP contribution in [0, 0.1) is 0 Å². The summed E-state index contributed by atoms with van der Waals surface area (Å²) in [6, 6.07) is 1.99. The quantitative estimate of drug-likeness (QED) is 0.866. The molecule has 0 amide bonds. The van der Waals surface area contributed by atoms with E-state index in [0.29, 0.717) is 0 Å². The van der Waals surface area contributed by atoms with Crippen molar-refractivity contribution in [2.24, 2.45) is 0 Å². The first-order valence-electron chi connectivity index (χ1n) is 6.90. The molecule has 2 heterocycles. The van der Waals surface area contributed by atoms with E-state index in [-0.39, 0.29) is 12.2 Å². The van der Waals surface area contributed by atoms with Crippen molar-refractivity contribution in [3.63, 3.8) is 0 Å². The molecule has 0 radical (unpaired) electrons. The van der Waals surface area contributed by atoms with Crippen LogP contribution in [0.15, 0.2) is 18.5 Å². The Morgan fingerprint density at radius 3 is 3.06 bits per heavy atom. The number of aliphatic hydroxyl groups is 1. The molecule has 0 aromatic carbocycles. The van der Waals surface area contributed by atoms with E-state index in [9.17, 15) is 5.11 Å². The highest BCUT2D eigenvalue weighted by Crippen LogP contribution is 2.17. The number of ether oxygens (including phenoxy) is 1. The van der Waals surface area contributed by atoms with Gasteiger partial charge >= 0.3 is 0 Å². The molecule has 1 aromatic heterocycles. The number of hydrogen-bond acceptors (Lipinski definition) is 3. The number of hydrogen-bond donors (Lipinski definition) is 1. The van der Waals surface area contributed by atoms with Crippen molar-refractivity contribution >= 4 is 0 Å². The van der Waals surface area contributed by atoms with Crippen molar-refractivity contribution in [3.8, 4) is 0 Å². The summed E-state index contributed by atoms with van der Waals surface area (Å²) in [6.45, 7) is 9.00. The number of nitrogens with zero attached hydrogens (tertiary/aromatic N) is 2. The second-order valence-electron chi connectivity index (χ2n) is 4.95. The van der Waals surface area contributed by atoms with Crippen LogP contribution in [0.3, 0.4) is 0 Å². The average Bonchev–Trinajstić information content (AvgIpc) is 2.86. The Morgan fingerprint density at radius 1 is 1.50 bits per heavy atom. The topological polar surface area (TPSA) is 37.6 Å². The molecule has 0 saturated carbocycles. The number of morpholine rings is 1. The maximum atomic E-state index is 9.78. The van der Waals surface area contributed by atoms with Crippen molar-refractivity contribution in [2.45, 2.75) is 39.0 Å². The molecule has 1 aromatic rings. The fourth-order valence-electron chi connectivity index (χ4n) is 2.42. The lowest BCUT2D eigenvalue weighted by Gasteiger charge is -2.32. The number of aliphatic hydroxyl groups excluding tert-OH is 1. The monoisotopic (exact) mass is 252 g/mol. The van der Waals surface area contributed by atoms with Gasteiger partial charge in [-0.15, -0.1) is 0 Å². The summed E-state index contributed by atoms with van der Waals surface area (Å²) < 4.78 is 7.91. The fraction of sp³-hybridized carbons (Fsp3) is 0.714. The largest absolute Gasteiger partial charge is 0.388 e. The first-order chi connectivity index (χ1) is 8.72. The lowest BCUT2D eigenvalue weighted by atomic mass is 10.1. The van der Waals surface area contributed by atoms with E-state index in [1.54, 1.807) is 0 Å².